The van der Waals surface area contributed by atoms with E-state index in [4.69, 9.17) is 5.73 Å². The van der Waals surface area contributed by atoms with E-state index in [0.717, 1.165) is 24.8 Å². The first-order chi connectivity index (χ1) is 7.15. The third-order valence-corrected chi connectivity index (χ3v) is 2.39. The summed E-state index contributed by atoms with van der Waals surface area (Å²) in [6.45, 7) is 2.43. The van der Waals surface area contributed by atoms with Gasteiger partial charge in [0.2, 0.25) is 0 Å². The molecule has 82 valence electrons. The Balaban J connectivity index is 2.74. The van der Waals surface area contributed by atoms with E-state index >= 15 is 0 Å². The zero-order valence-electron chi connectivity index (χ0n) is 8.90. The summed E-state index contributed by atoms with van der Waals surface area (Å²) < 4.78 is 0. The average Bonchev–Trinajstić information content (AvgIpc) is 2.20. The van der Waals surface area contributed by atoms with Crippen LogP contribution in [0.3, 0.4) is 0 Å². The van der Waals surface area contributed by atoms with Crippen LogP contribution < -0.4 is 5.73 Å². The maximum atomic E-state index is 10.7. The van der Waals surface area contributed by atoms with E-state index in [0.29, 0.717) is 12.1 Å². The monoisotopic (exact) mass is 208 g/mol. The SMILES string of the molecule is Cc1ccc(CCCCN)cc1[N+](=O)[O-]. The van der Waals surface area contributed by atoms with Gasteiger partial charge in [-0.3, -0.25) is 10.1 Å². The number of nitro benzene ring substituents is 1. The molecule has 0 radical (unpaired) electrons. The summed E-state index contributed by atoms with van der Waals surface area (Å²) in [5.74, 6) is 0. The first-order valence-electron chi connectivity index (χ1n) is 5.09. The number of hydrogen-bond acceptors (Lipinski definition) is 3. The smallest absolute Gasteiger partial charge is 0.272 e. The number of nitrogens with zero attached hydrogens (tertiary/aromatic N) is 1. The van der Waals surface area contributed by atoms with Crippen LogP contribution in [0.15, 0.2) is 18.2 Å². The van der Waals surface area contributed by atoms with Crippen molar-refractivity contribution < 1.29 is 4.92 Å². The molecule has 0 aromatic heterocycles. The largest absolute Gasteiger partial charge is 0.330 e. The van der Waals surface area contributed by atoms with Crippen molar-refractivity contribution in [1.82, 2.24) is 0 Å². The lowest BCUT2D eigenvalue weighted by atomic mass is 10.1. The van der Waals surface area contributed by atoms with E-state index in [9.17, 15) is 10.1 Å². The minimum Gasteiger partial charge on any atom is -0.330 e. The maximum absolute atomic E-state index is 10.7. The molecule has 0 heterocycles. The molecule has 0 aliphatic carbocycles. The van der Waals surface area contributed by atoms with Crippen molar-refractivity contribution in [2.24, 2.45) is 5.73 Å². The van der Waals surface area contributed by atoms with Crippen molar-refractivity contribution in [2.75, 3.05) is 6.54 Å². The van der Waals surface area contributed by atoms with E-state index in [1.807, 2.05) is 6.07 Å². The van der Waals surface area contributed by atoms with Crippen LogP contribution in [-0.4, -0.2) is 11.5 Å². The second-order valence-corrected chi connectivity index (χ2v) is 3.62. The fraction of sp³-hybridized carbons (Fsp3) is 0.455. The van der Waals surface area contributed by atoms with Gasteiger partial charge < -0.3 is 5.73 Å². The third kappa shape index (κ3) is 3.32. The summed E-state index contributed by atoms with van der Waals surface area (Å²) >= 11 is 0. The van der Waals surface area contributed by atoms with E-state index in [1.54, 1.807) is 19.1 Å². The molecule has 1 aromatic carbocycles. The van der Waals surface area contributed by atoms with Gasteiger partial charge in [-0.1, -0.05) is 12.1 Å². The first-order valence-corrected chi connectivity index (χ1v) is 5.09. The van der Waals surface area contributed by atoms with Crippen molar-refractivity contribution in [3.63, 3.8) is 0 Å². The van der Waals surface area contributed by atoms with E-state index in [-0.39, 0.29) is 10.6 Å². The Kier molecular flexibility index (Phi) is 4.24. The molecular weight excluding hydrogens is 192 g/mol. The van der Waals surface area contributed by atoms with Gasteiger partial charge in [0.1, 0.15) is 0 Å². The van der Waals surface area contributed by atoms with Crippen LogP contribution in [0.1, 0.15) is 24.0 Å². The van der Waals surface area contributed by atoms with Crippen LogP contribution in [0.5, 0.6) is 0 Å². The fourth-order valence-corrected chi connectivity index (χ4v) is 1.48. The molecule has 0 aliphatic rings. The third-order valence-electron chi connectivity index (χ3n) is 2.39. The number of nitrogens with two attached hydrogens (primary N) is 1. The molecular formula is C11H16N2O2. The van der Waals surface area contributed by atoms with Gasteiger partial charge in [-0.2, -0.15) is 0 Å². The highest BCUT2D eigenvalue weighted by atomic mass is 16.6. The van der Waals surface area contributed by atoms with E-state index in [2.05, 4.69) is 0 Å². The minimum absolute atomic E-state index is 0.209. The Hall–Kier alpha value is -1.42. The second kappa shape index (κ2) is 5.46. The standard InChI is InChI=1S/C11H16N2O2/c1-9-5-6-10(4-2-3-7-12)8-11(9)13(14)15/h5-6,8H,2-4,7,12H2,1H3. The first kappa shape index (κ1) is 11.7. The molecule has 2 N–H and O–H groups in total. The van der Waals surface area contributed by atoms with Crippen molar-refractivity contribution in [3.05, 3.63) is 39.4 Å². The summed E-state index contributed by atoms with van der Waals surface area (Å²) in [7, 11) is 0. The van der Waals surface area contributed by atoms with Crippen LogP contribution in [0, 0.1) is 17.0 Å². The molecule has 0 atom stereocenters. The van der Waals surface area contributed by atoms with Gasteiger partial charge in [0.15, 0.2) is 0 Å². The second-order valence-electron chi connectivity index (χ2n) is 3.62. The normalized spacial score (nSPS) is 10.3. The van der Waals surface area contributed by atoms with Crippen LogP contribution in [-0.2, 0) is 6.42 Å². The van der Waals surface area contributed by atoms with Gasteiger partial charge in [-0.25, -0.2) is 0 Å². The van der Waals surface area contributed by atoms with Gasteiger partial charge in [0, 0.05) is 11.6 Å². The highest BCUT2D eigenvalue weighted by Gasteiger charge is 2.10. The average molecular weight is 208 g/mol. The van der Waals surface area contributed by atoms with Crippen molar-refractivity contribution >= 4 is 5.69 Å². The number of aryl methyl sites for hydroxylation is 2. The summed E-state index contributed by atoms with van der Waals surface area (Å²) in [6.07, 6.45) is 2.80. The number of benzene rings is 1. The fourth-order valence-electron chi connectivity index (χ4n) is 1.48. The molecule has 4 heteroatoms. The van der Waals surface area contributed by atoms with E-state index in [1.165, 1.54) is 0 Å². The molecule has 0 aliphatic heterocycles. The Morgan fingerprint density at radius 2 is 2.13 bits per heavy atom. The molecule has 4 nitrogen and oxygen atoms in total. The molecule has 0 saturated carbocycles. The number of nitro groups is 1. The van der Waals surface area contributed by atoms with Crippen LogP contribution in [0.4, 0.5) is 5.69 Å². The van der Waals surface area contributed by atoms with Crippen LogP contribution in [0.25, 0.3) is 0 Å². The molecule has 0 amide bonds. The predicted molar refractivity (Wildman–Crippen MR) is 59.8 cm³/mol. The van der Waals surface area contributed by atoms with Crippen molar-refractivity contribution in [1.29, 1.82) is 0 Å². The molecule has 1 rings (SSSR count). The number of hydrogen-bond donors (Lipinski definition) is 1. The van der Waals surface area contributed by atoms with Gasteiger partial charge in [0.05, 0.1) is 4.92 Å². The molecule has 0 bridgehead atoms. The Morgan fingerprint density at radius 3 is 2.73 bits per heavy atom. The van der Waals surface area contributed by atoms with Crippen molar-refractivity contribution in [3.8, 4) is 0 Å². The lowest BCUT2D eigenvalue weighted by Gasteiger charge is -2.02. The number of unbranched alkanes of at least 4 members (excludes halogenated alkanes) is 1. The predicted octanol–water partition coefficient (Wildman–Crippen LogP) is 2.18. The lowest BCUT2D eigenvalue weighted by Crippen LogP contribution is -1.99. The van der Waals surface area contributed by atoms with Gasteiger partial charge >= 0.3 is 0 Å². The summed E-state index contributed by atoms with van der Waals surface area (Å²) in [5, 5.41) is 10.7. The van der Waals surface area contributed by atoms with Crippen LogP contribution in [0.2, 0.25) is 0 Å². The topological polar surface area (TPSA) is 69.2 Å². The molecule has 0 fully saturated rings. The van der Waals surface area contributed by atoms with Crippen molar-refractivity contribution in [2.45, 2.75) is 26.2 Å². The zero-order valence-corrected chi connectivity index (χ0v) is 8.90. The molecule has 15 heavy (non-hydrogen) atoms. The lowest BCUT2D eigenvalue weighted by molar-refractivity contribution is -0.385. The van der Waals surface area contributed by atoms with E-state index < -0.39 is 0 Å². The van der Waals surface area contributed by atoms with Crippen LogP contribution >= 0.6 is 0 Å². The highest BCUT2D eigenvalue weighted by molar-refractivity contribution is 5.42. The van der Waals surface area contributed by atoms with Gasteiger partial charge in [0.25, 0.3) is 5.69 Å². The Morgan fingerprint density at radius 1 is 1.40 bits per heavy atom. The molecule has 0 spiro atoms. The minimum atomic E-state index is -0.332. The summed E-state index contributed by atoms with van der Waals surface area (Å²) in [5.41, 5.74) is 7.32. The van der Waals surface area contributed by atoms with Gasteiger partial charge in [-0.05, 0) is 38.3 Å². The quantitative estimate of drug-likeness (QED) is 0.458. The number of rotatable bonds is 5. The van der Waals surface area contributed by atoms with Gasteiger partial charge in [-0.15, -0.1) is 0 Å². The Labute approximate surface area is 89.2 Å². The zero-order chi connectivity index (χ0) is 11.3. The summed E-state index contributed by atoms with van der Waals surface area (Å²) in [6, 6.07) is 5.40. The molecule has 0 saturated heterocycles. The highest BCUT2D eigenvalue weighted by Crippen LogP contribution is 2.20. The summed E-state index contributed by atoms with van der Waals surface area (Å²) in [4.78, 5) is 10.4. The molecule has 0 unspecified atom stereocenters. The Bertz CT molecular complexity index is 350. The maximum Gasteiger partial charge on any atom is 0.272 e. The molecule has 1 aromatic rings.